The molecule has 0 fully saturated rings. The highest BCUT2D eigenvalue weighted by Crippen LogP contribution is 2.34. The van der Waals surface area contributed by atoms with E-state index in [0.29, 0.717) is 39.1 Å². The van der Waals surface area contributed by atoms with Gasteiger partial charge in [-0.15, -0.1) is 0 Å². The lowest BCUT2D eigenvalue weighted by Crippen LogP contribution is -2.15. The highest BCUT2D eigenvalue weighted by atomic mass is 19.4. The van der Waals surface area contributed by atoms with Crippen molar-refractivity contribution in [2.45, 2.75) is 20.0 Å². The number of anilines is 4. The number of nitrogens with zero attached hydrogens (tertiary/aromatic N) is 1. The lowest BCUT2D eigenvalue weighted by Gasteiger charge is -2.15. The van der Waals surface area contributed by atoms with Crippen LogP contribution in [0.2, 0.25) is 0 Å². The summed E-state index contributed by atoms with van der Waals surface area (Å²) in [6.45, 7) is 3.63. The molecule has 0 aliphatic heterocycles. The van der Waals surface area contributed by atoms with Crippen LogP contribution in [-0.2, 0) is 6.18 Å². The second-order valence-electron chi connectivity index (χ2n) is 9.53. The summed E-state index contributed by atoms with van der Waals surface area (Å²) in [6.07, 6.45) is -4.60. The average Bonchev–Trinajstić information content (AvgIpc) is 2.93. The van der Waals surface area contributed by atoms with Crippen LogP contribution in [-0.4, -0.2) is 16.8 Å². The highest BCUT2D eigenvalue weighted by molar-refractivity contribution is 6.07. The number of para-hydroxylation sites is 1. The number of alkyl halides is 3. The molecule has 0 aliphatic rings. The van der Waals surface area contributed by atoms with Gasteiger partial charge in [-0.25, -0.2) is 4.98 Å². The Kier molecular flexibility index (Phi) is 7.43. The minimum Gasteiger partial charge on any atom is -0.355 e. The van der Waals surface area contributed by atoms with Crippen LogP contribution in [0, 0.1) is 13.8 Å². The molecule has 0 saturated heterocycles. The van der Waals surface area contributed by atoms with Crippen molar-refractivity contribution in [2.75, 3.05) is 16.0 Å². The summed E-state index contributed by atoms with van der Waals surface area (Å²) in [7, 11) is 0. The summed E-state index contributed by atoms with van der Waals surface area (Å²) < 4.78 is 40.4. The number of benzene rings is 4. The Morgan fingerprint density at radius 1 is 0.659 bits per heavy atom. The standard InChI is InChI=1S/C32H25F3N4O2/c1-19-8-3-4-11-24(19)30(40)38-23-14-15-25(20(2)16-23)31(41)37-22-10-7-9-21(17-22)36-28-18-29(32(33,34)35)39-27-13-6-5-12-26(27)28/h3-18H,1-2H3,(H,36,39)(H,37,41)(H,38,40). The summed E-state index contributed by atoms with van der Waals surface area (Å²) in [4.78, 5) is 29.5. The molecular formula is C32H25F3N4O2. The van der Waals surface area contributed by atoms with Crippen LogP contribution >= 0.6 is 0 Å². The zero-order valence-electron chi connectivity index (χ0n) is 22.1. The number of rotatable bonds is 6. The van der Waals surface area contributed by atoms with Crippen LogP contribution in [0.5, 0.6) is 0 Å². The van der Waals surface area contributed by atoms with Gasteiger partial charge in [0.1, 0.15) is 5.69 Å². The molecule has 0 spiro atoms. The largest absolute Gasteiger partial charge is 0.433 e. The first-order valence-electron chi connectivity index (χ1n) is 12.7. The molecule has 41 heavy (non-hydrogen) atoms. The molecule has 5 aromatic rings. The third-order valence-corrected chi connectivity index (χ3v) is 6.52. The fourth-order valence-electron chi connectivity index (χ4n) is 4.47. The average molecular weight is 555 g/mol. The lowest BCUT2D eigenvalue weighted by molar-refractivity contribution is -0.140. The normalized spacial score (nSPS) is 11.2. The van der Waals surface area contributed by atoms with Gasteiger partial charge in [-0.3, -0.25) is 9.59 Å². The van der Waals surface area contributed by atoms with Gasteiger partial charge >= 0.3 is 6.18 Å². The molecule has 0 atom stereocenters. The van der Waals surface area contributed by atoms with Gasteiger partial charge in [-0.05, 0) is 79.6 Å². The first kappa shape index (κ1) is 27.4. The molecule has 0 radical (unpaired) electrons. The molecule has 0 aliphatic carbocycles. The Morgan fingerprint density at radius 3 is 2.00 bits per heavy atom. The van der Waals surface area contributed by atoms with Gasteiger partial charge < -0.3 is 16.0 Å². The van der Waals surface area contributed by atoms with E-state index in [1.54, 1.807) is 79.7 Å². The fourth-order valence-corrected chi connectivity index (χ4v) is 4.47. The number of aromatic nitrogens is 1. The number of fused-ring (bicyclic) bond motifs is 1. The summed E-state index contributed by atoms with van der Waals surface area (Å²) >= 11 is 0. The third-order valence-electron chi connectivity index (χ3n) is 6.52. The van der Waals surface area contributed by atoms with Gasteiger partial charge in [0.25, 0.3) is 11.8 Å². The molecule has 1 aromatic heterocycles. The molecule has 0 bridgehead atoms. The monoisotopic (exact) mass is 554 g/mol. The van der Waals surface area contributed by atoms with Crippen molar-refractivity contribution in [3.63, 3.8) is 0 Å². The van der Waals surface area contributed by atoms with Gasteiger partial charge in [-0.1, -0.05) is 42.5 Å². The molecule has 0 saturated carbocycles. The first-order valence-corrected chi connectivity index (χ1v) is 12.7. The number of carbonyl (C=O) groups excluding carboxylic acids is 2. The predicted molar refractivity (Wildman–Crippen MR) is 155 cm³/mol. The maximum Gasteiger partial charge on any atom is 0.433 e. The summed E-state index contributed by atoms with van der Waals surface area (Å²) in [6, 6.07) is 26.5. The van der Waals surface area contributed by atoms with E-state index in [4.69, 9.17) is 0 Å². The van der Waals surface area contributed by atoms with Gasteiger partial charge in [0, 0.05) is 33.6 Å². The van der Waals surface area contributed by atoms with Gasteiger partial charge in [0.2, 0.25) is 0 Å². The zero-order valence-corrected chi connectivity index (χ0v) is 22.1. The van der Waals surface area contributed by atoms with Crippen molar-refractivity contribution < 1.29 is 22.8 Å². The van der Waals surface area contributed by atoms with Gasteiger partial charge in [-0.2, -0.15) is 13.2 Å². The Hall–Kier alpha value is -5.18. The second kappa shape index (κ2) is 11.1. The van der Waals surface area contributed by atoms with Crippen LogP contribution < -0.4 is 16.0 Å². The van der Waals surface area contributed by atoms with Crippen molar-refractivity contribution in [1.82, 2.24) is 4.98 Å². The van der Waals surface area contributed by atoms with E-state index >= 15 is 0 Å². The van der Waals surface area contributed by atoms with E-state index in [2.05, 4.69) is 20.9 Å². The molecule has 3 N–H and O–H groups in total. The number of amides is 2. The van der Waals surface area contributed by atoms with Gasteiger partial charge in [0.05, 0.1) is 11.2 Å². The number of hydrogen-bond acceptors (Lipinski definition) is 4. The lowest BCUT2D eigenvalue weighted by atomic mass is 10.1. The number of nitrogens with one attached hydrogen (secondary N) is 3. The predicted octanol–water partition coefficient (Wildman–Crippen LogP) is 8.12. The van der Waals surface area contributed by atoms with Crippen molar-refractivity contribution >= 4 is 45.5 Å². The fraction of sp³-hybridized carbons (Fsp3) is 0.0938. The highest BCUT2D eigenvalue weighted by Gasteiger charge is 2.33. The van der Waals surface area contributed by atoms with Crippen LogP contribution in [0.15, 0.2) is 97.1 Å². The zero-order chi connectivity index (χ0) is 29.1. The molecule has 9 heteroatoms. The van der Waals surface area contributed by atoms with E-state index in [9.17, 15) is 22.8 Å². The molecule has 5 rings (SSSR count). The Labute approximate surface area is 234 Å². The first-order chi connectivity index (χ1) is 19.6. The van der Waals surface area contributed by atoms with Crippen LogP contribution in [0.3, 0.4) is 0 Å². The summed E-state index contributed by atoms with van der Waals surface area (Å²) in [5.41, 5.74) is 3.42. The molecule has 2 amide bonds. The van der Waals surface area contributed by atoms with Crippen molar-refractivity contribution in [2.24, 2.45) is 0 Å². The summed E-state index contributed by atoms with van der Waals surface area (Å²) in [5, 5.41) is 9.26. The number of halogens is 3. The van der Waals surface area contributed by atoms with Crippen LogP contribution in [0.1, 0.15) is 37.5 Å². The van der Waals surface area contributed by atoms with E-state index in [0.717, 1.165) is 11.6 Å². The maximum atomic E-state index is 13.5. The second-order valence-corrected chi connectivity index (χ2v) is 9.53. The number of pyridine rings is 1. The van der Waals surface area contributed by atoms with E-state index in [1.807, 2.05) is 19.1 Å². The minimum atomic E-state index is -4.60. The molecule has 6 nitrogen and oxygen atoms in total. The Morgan fingerprint density at radius 2 is 1.29 bits per heavy atom. The third kappa shape index (κ3) is 6.19. The molecule has 1 heterocycles. The van der Waals surface area contributed by atoms with Crippen LogP contribution in [0.25, 0.3) is 10.9 Å². The molecule has 206 valence electrons. The Balaban J connectivity index is 1.32. The van der Waals surface area contributed by atoms with Crippen molar-refractivity contribution in [3.8, 4) is 0 Å². The van der Waals surface area contributed by atoms with E-state index in [1.165, 1.54) is 6.07 Å². The minimum absolute atomic E-state index is 0.211. The molecule has 0 unspecified atom stereocenters. The molecular weight excluding hydrogens is 529 g/mol. The number of hydrogen-bond donors (Lipinski definition) is 3. The van der Waals surface area contributed by atoms with E-state index in [-0.39, 0.29) is 23.0 Å². The smallest absolute Gasteiger partial charge is 0.355 e. The van der Waals surface area contributed by atoms with Crippen LogP contribution in [0.4, 0.5) is 35.9 Å². The maximum absolute atomic E-state index is 13.5. The van der Waals surface area contributed by atoms with Crippen molar-refractivity contribution in [3.05, 3.63) is 125 Å². The van der Waals surface area contributed by atoms with E-state index < -0.39 is 11.9 Å². The van der Waals surface area contributed by atoms with Crippen molar-refractivity contribution in [1.29, 1.82) is 0 Å². The summed E-state index contributed by atoms with van der Waals surface area (Å²) in [5.74, 6) is -0.613. The number of aryl methyl sites for hydroxylation is 2. The topological polar surface area (TPSA) is 83.1 Å². The SMILES string of the molecule is Cc1ccccc1C(=O)Nc1ccc(C(=O)Nc2cccc(Nc3cc(C(F)(F)F)nc4ccccc34)c2)c(C)c1. The quantitative estimate of drug-likeness (QED) is 0.198. The molecule has 4 aromatic carbocycles. The van der Waals surface area contributed by atoms with Gasteiger partial charge in [0.15, 0.2) is 0 Å². The Bertz CT molecular complexity index is 1780. The number of carbonyl (C=O) groups is 2.